The highest BCUT2D eigenvalue weighted by atomic mass is 32.2. The minimum absolute atomic E-state index is 0.0901. The van der Waals surface area contributed by atoms with Crippen LogP contribution in [0.1, 0.15) is 21.7 Å². The average molecular weight is 325 g/mol. The Morgan fingerprint density at radius 2 is 1.83 bits per heavy atom. The summed E-state index contributed by atoms with van der Waals surface area (Å²) in [6.07, 6.45) is 2.05. The zero-order chi connectivity index (χ0) is 16.4. The van der Waals surface area contributed by atoms with Gasteiger partial charge in [0, 0.05) is 29.4 Å². The molecule has 1 amide bonds. The van der Waals surface area contributed by atoms with Crippen LogP contribution in [0.5, 0.6) is 0 Å². The molecule has 0 unspecified atom stereocenters. The fourth-order valence-electron chi connectivity index (χ4n) is 2.63. The van der Waals surface area contributed by atoms with Crippen LogP contribution >= 0.6 is 11.8 Å². The number of aryl methyl sites for hydroxylation is 1. The topological polar surface area (TPSA) is 33.5 Å². The molecular weight excluding hydrogens is 306 g/mol. The van der Waals surface area contributed by atoms with Gasteiger partial charge in [-0.2, -0.15) is 0 Å². The van der Waals surface area contributed by atoms with Crippen LogP contribution in [0.15, 0.2) is 57.8 Å². The van der Waals surface area contributed by atoms with E-state index in [2.05, 4.69) is 30.5 Å². The molecule has 0 atom stereocenters. The van der Waals surface area contributed by atoms with Gasteiger partial charge in [-0.25, -0.2) is 0 Å². The number of amides is 1. The maximum atomic E-state index is 12.7. The number of hydrogen-bond donors (Lipinski definition) is 0. The Kier molecular flexibility index (Phi) is 4.44. The molecular formula is C19H19NO2S. The Labute approximate surface area is 140 Å². The molecule has 0 bridgehead atoms. The molecule has 1 aromatic heterocycles. The number of thioether (sulfide) groups is 1. The molecule has 4 heteroatoms. The van der Waals surface area contributed by atoms with Crippen molar-refractivity contribution in [2.45, 2.75) is 18.4 Å². The monoisotopic (exact) mass is 325 g/mol. The van der Waals surface area contributed by atoms with Crippen molar-refractivity contribution in [3.8, 4) is 0 Å². The minimum atomic E-state index is -0.0901. The van der Waals surface area contributed by atoms with Gasteiger partial charge in [0.1, 0.15) is 5.58 Å². The van der Waals surface area contributed by atoms with Crippen molar-refractivity contribution in [1.82, 2.24) is 4.90 Å². The van der Waals surface area contributed by atoms with Crippen LogP contribution in [0, 0.1) is 6.92 Å². The van der Waals surface area contributed by atoms with Gasteiger partial charge in [0.25, 0.3) is 5.91 Å². The van der Waals surface area contributed by atoms with Gasteiger partial charge in [-0.1, -0.05) is 30.3 Å². The molecule has 0 saturated carbocycles. The van der Waals surface area contributed by atoms with E-state index in [1.54, 1.807) is 23.7 Å². The van der Waals surface area contributed by atoms with Crippen molar-refractivity contribution in [2.75, 3.05) is 13.3 Å². The summed E-state index contributed by atoms with van der Waals surface area (Å²) in [5.74, 6) is 0.335. The molecule has 0 radical (unpaired) electrons. The summed E-state index contributed by atoms with van der Waals surface area (Å²) in [7, 11) is 1.80. The summed E-state index contributed by atoms with van der Waals surface area (Å²) in [6, 6.07) is 16.0. The molecule has 118 valence electrons. The Hall–Kier alpha value is -2.20. The molecule has 3 aromatic rings. The fraction of sp³-hybridized carbons (Fsp3) is 0.211. The van der Waals surface area contributed by atoms with E-state index in [9.17, 15) is 4.79 Å². The van der Waals surface area contributed by atoms with Crippen molar-refractivity contribution in [1.29, 1.82) is 0 Å². The Morgan fingerprint density at radius 3 is 2.48 bits per heavy atom. The van der Waals surface area contributed by atoms with Crippen LogP contribution < -0.4 is 0 Å². The normalized spacial score (nSPS) is 10.9. The van der Waals surface area contributed by atoms with E-state index in [0.29, 0.717) is 12.3 Å². The molecule has 0 spiro atoms. The predicted octanol–water partition coefficient (Wildman–Crippen LogP) is 4.74. The van der Waals surface area contributed by atoms with Gasteiger partial charge in [-0.3, -0.25) is 4.79 Å². The maximum Gasteiger partial charge on any atom is 0.289 e. The van der Waals surface area contributed by atoms with Gasteiger partial charge < -0.3 is 9.32 Å². The summed E-state index contributed by atoms with van der Waals surface area (Å²) in [4.78, 5) is 15.6. The molecule has 0 fully saturated rings. The highest BCUT2D eigenvalue weighted by Gasteiger charge is 2.20. The van der Waals surface area contributed by atoms with Gasteiger partial charge in [0.2, 0.25) is 0 Å². The van der Waals surface area contributed by atoms with E-state index in [4.69, 9.17) is 4.42 Å². The lowest BCUT2D eigenvalue weighted by molar-refractivity contribution is 0.0755. The van der Waals surface area contributed by atoms with Crippen molar-refractivity contribution < 1.29 is 9.21 Å². The molecule has 2 aromatic carbocycles. The number of furan rings is 1. The molecule has 0 saturated heterocycles. The first-order valence-corrected chi connectivity index (χ1v) is 8.69. The van der Waals surface area contributed by atoms with Gasteiger partial charge in [0.15, 0.2) is 5.76 Å². The van der Waals surface area contributed by atoms with E-state index in [-0.39, 0.29) is 5.91 Å². The van der Waals surface area contributed by atoms with Crippen LogP contribution in [0.3, 0.4) is 0 Å². The van der Waals surface area contributed by atoms with E-state index < -0.39 is 0 Å². The minimum Gasteiger partial charge on any atom is -0.451 e. The number of carbonyl (C=O) groups is 1. The van der Waals surface area contributed by atoms with Crippen LogP contribution in [0.2, 0.25) is 0 Å². The maximum absolute atomic E-state index is 12.7. The third-order valence-electron chi connectivity index (χ3n) is 3.96. The molecule has 0 aliphatic rings. The third-order valence-corrected chi connectivity index (χ3v) is 4.71. The predicted molar refractivity (Wildman–Crippen MR) is 95.0 cm³/mol. The largest absolute Gasteiger partial charge is 0.451 e. The third kappa shape index (κ3) is 3.13. The summed E-state index contributed by atoms with van der Waals surface area (Å²) >= 11 is 1.71. The Balaban J connectivity index is 1.81. The number of fused-ring (bicyclic) bond motifs is 1. The van der Waals surface area contributed by atoms with E-state index in [0.717, 1.165) is 22.1 Å². The van der Waals surface area contributed by atoms with Crippen LogP contribution in [-0.4, -0.2) is 24.1 Å². The van der Waals surface area contributed by atoms with Gasteiger partial charge >= 0.3 is 0 Å². The zero-order valence-electron chi connectivity index (χ0n) is 13.5. The molecule has 23 heavy (non-hydrogen) atoms. The number of nitrogens with zero attached hydrogens (tertiary/aromatic N) is 1. The standard InChI is InChI=1S/C19H19NO2S/c1-13-16-6-4-5-7-17(16)22-18(13)19(21)20(2)12-14-8-10-15(23-3)11-9-14/h4-11H,12H2,1-3H3. The summed E-state index contributed by atoms with van der Waals surface area (Å²) in [5, 5.41) is 0.994. The SMILES string of the molecule is CSc1ccc(CN(C)C(=O)c2oc3ccccc3c2C)cc1. The second-order valence-corrected chi connectivity index (χ2v) is 6.44. The van der Waals surface area contributed by atoms with Gasteiger partial charge in [-0.15, -0.1) is 11.8 Å². The Morgan fingerprint density at radius 1 is 1.13 bits per heavy atom. The van der Waals surface area contributed by atoms with Gasteiger partial charge in [-0.05, 0) is 36.9 Å². The lowest BCUT2D eigenvalue weighted by atomic mass is 10.1. The summed E-state index contributed by atoms with van der Waals surface area (Å²) in [6.45, 7) is 2.49. The van der Waals surface area contributed by atoms with Crippen molar-refractivity contribution in [3.05, 3.63) is 65.4 Å². The zero-order valence-corrected chi connectivity index (χ0v) is 14.3. The molecule has 3 nitrogen and oxygen atoms in total. The first kappa shape index (κ1) is 15.7. The van der Waals surface area contributed by atoms with E-state index in [1.807, 2.05) is 31.2 Å². The number of hydrogen-bond acceptors (Lipinski definition) is 3. The summed E-state index contributed by atoms with van der Waals surface area (Å²) < 4.78 is 5.76. The first-order valence-electron chi connectivity index (χ1n) is 7.46. The number of benzene rings is 2. The highest BCUT2D eigenvalue weighted by Crippen LogP contribution is 2.26. The Bertz CT molecular complexity index is 836. The number of carbonyl (C=O) groups excluding carboxylic acids is 1. The quantitative estimate of drug-likeness (QED) is 0.650. The lowest BCUT2D eigenvalue weighted by Gasteiger charge is -2.16. The van der Waals surface area contributed by atoms with Crippen LogP contribution in [-0.2, 0) is 6.54 Å². The van der Waals surface area contributed by atoms with Gasteiger partial charge in [0.05, 0.1) is 0 Å². The van der Waals surface area contributed by atoms with Crippen molar-refractivity contribution in [2.24, 2.45) is 0 Å². The molecule has 3 rings (SSSR count). The molecule has 0 aliphatic heterocycles. The smallest absolute Gasteiger partial charge is 0.289 e. The first-order chi connectivity index (χ1) is 11.1. The van der Waals surface area contributed by atoms with E-state index >= 15 is 0 Å². The van der Waals surface area contributed by atoms with Crippen molar-refractivity contribution >= 4 is 28.6 Å². The number of rotatable bonds is 4. The van der Waals surface area contributed by atoms with Crippen LogP contribution in [0.25, 0.3) is 11.0 Å². The second kappa shape index (κ2) is 6.50. The van der Waals surface area contributed by atoms with Crippen molar-refractivity contribution in [3.63, 3.8) is 0 Å². The van der Waals surface area contributed by atoms with E-state index in [1.165, 1.54) is 4.90 Å². The molecule has 0 aliphatic carbocycles. The number of para-hydroxylation sites is 1. The lowest BCUT2D eigenvalue weighted by Crippen LogP contribution is -2.26. The fourth-order valence-corrected chi connectivity index (χ4v) is 3.04. The molecule has 0 N–H and O–H groups in total. The highest BCUT2D eigenvalue weighted by molar-refractivity contribution is 7.98. The molecule has 1 heterocycles. The average Bonchev–Trinajstić information content (AvgIpc) is 2.92. The summed E-state index contributed by atoms with van der Waals surface area (Å²) in [5.41, 5.74) is 2.76. The second-order valence-electron chi connectivity index (χ2n) is 5.56. The van der Waals surface area contributed by atoms with Crippen LogP contribution in [0.4, 0.5) is 0 Å².